The monoisotopic (exact) mass is 625 g/mol. The third kappa shape index (κ3) is 5.28. The van der Waals surface area contributed by atoms with E-state index in [2.05, 4.69) is 181 Å². The Morgan fingerprint density at radius 2 is 0.857 bits per heavy atom. The zero-order chi connectivity index (χ0) is 32.6. The molecule has 0 unspecified atom stereocenters. The lowest BCUT2D eigenvalue weighted by molar-refractivity contribution is 1.28. The van der Waals surface area contributed by atoms with Crippen LogP contribution < -0.4 is 4.90 Å². The topological polar surface area (TPSA) is 29.0 Å². The molecule has 3 nitrogen and oxygen atoms in total. The minimum atomic E-state index is 0.924. The summed E-state index contributed by atoms with van der Waals surface area (Å²) in [4.78, 5) is 12.2. The number of benzene rings is 7. The Kier molecular flexibility index (Phi) is 7.14. The van der Waals surface area contributed by atoms with E-state index in [4.69, 9.17) is 9.97 Å². The van der Waals surface area contributed by atoms with E-state index in [1.54, 1.807) is 0 Å². The lowest BCUT2D eigenvalue weighted by Gasteiger charge is -2.26. The van der Waals surface area contributed by atoms with E-state index in [9.17, 15) is 0 Å². The molecule has 3 heteroatoms. The molecule has 9 rings (SSSR count). The summed E-state index contributed by atoms with van der Waals surface area (Å²) in [5, 5.41) is 3.32. The Morgan fingerprint density at radius 3 is 1.45 bits per heavy atom. The molecule has 0 N–H and O–H groups in total. The van der Waals surface area contributed by atoms with Crippen molar-refractivity contribution in [2.24, 2.45) is 0 Å². The first kappa shape index (κ1) is 28.6. The molecule has 230 valence electrons. The van der Waals surface area contributed by atoms with Gasteiger partial charge < -0.3 is 4.90 Å². The smallest absolute Gasteiger partial charge is 0.0978 e. The second-order valence-corrected chi connectivity index (χ2v) is 12.2. The van der Waals surface area contributed by atoms with Crippen LogP contribution in [0.4, 0.5) is 17.1 Å². The molecule has 0 aliphatic heterocycles. The Labute approximate surface area is 285 Å². The van der Waals surface area contributed by atoms with E-state index >= 15 is 0 Å². The van der Waals surface area contributed by atoms with Gasteiger partial charge in [-0.3, -0.25) is 4.98 Å². The highest BCUT2D eigenvalue weighted by atomic mass is 15.1. The van der Waals surface area contributed by atoms with Gasteiger partial charge in [-0.05, 0) is 76.3 Å². The molecule has 0 radical (unpaired) electrons. The van der Waals surface area contributed by atoms with Crippen molar-refractivity contribution in [3.8, 4) is 33.4 Å². The molecule has 2 heterocycles. The van der Waals surface area contributed by atoms with Gasteiger partial charge in [0, 0.05) is 45.0 Å². The Morgan fingerprint density at radius 1 is 0.347 bits per heavy atom. The van der Waals surface area contributed by atoms with Gasteiger partial charge in [0.05, 0.1) is 16.6 Å². The van der Waals surface area contributed by atoms with Crippen LogP contribution in [0, 0.1) is 0 Å². The van der Waals surface area contributed by atoms with Crippen molar-refractivity contribution in [3.63, 3.8) is 0 Å². The first-order chi connectivity index (χ1) is 24.3. The van der Waals surface area contributed by atoms with Crippen molar-refractivity contribution in [1.29, 1.82) is 0 Å². The molecule has 49 heavy (non-hydrogen) atoms. The van der Waals surface area contributed by atoms with Gasteiger partial charge in [-0.2, -0.15) is 0 Å². The first-order valence-corrected chi connectivity index (χ1v) is 16.6. The van der Waals surface area contributed by atoms with Crippen molar-refractivity contribution in [1.82, 2.24) is 9.97 Å². The Bertz CT molecular complexity index is 2480. The average molecular weight is 626 g/mol. The van der Waals surface area contributed by atoms with Gasteiger partial charge in [-0.25, -0.2) is 4.98 Å². The summed E-state index contributed by atoms with van der Waals surface area (Å²) in [5.74, 6) is 0. The van der Waals surface area contributed by atoms with Crippen LogP contribution in [0.3, 0.4) is 0 Å². The number of nitrogens with zero attached hydrogens (tertiary/aromatic N) is 3. The van der Waals surface area contributed by atoms with Gasteiger partial charge in [0.25, 0.3) is 0 Å². The predicted octanol–water partition coefficient (Wildman–Crippen LogP) is 12.4. The molecule has 0 fully saturated rings. The molecule has 7 aromatic carbocycles. The molecule has 2 aromatic heterocycles. The van der Waals surface area contributed by atoms with Crippen molar-refractivity contribution >= 4 is 49.8 Å². The summed E-state index contributed by atoms with van der Waals surface area (Å²) in [6, 6.07) is 64.5. The second kappa shape index (κ2) is 12.2. The third-order valence-electron chi connectivity index (χ3n) is 9.30. The van der Waals surface area contributed by atoms with Crippen LogP contribution >= 0.6 is 0 Å². The van der Waals surface area contributed by atoms with E-state index in [1.165, 1.54) is 27.8 Å². The largest absolute Gasteiger partial charge is 0.311 e. The first-order valence-electron chi connectivity index (χ1n) is 16.6. The average Bonchev–Trinajstić information content (AvgIpc) is 3.19. The maximum absolute atomic E-state index is 5.10. The summed E-state index contributed by atoms with van der Waals surface area (Å²) in [5.41, 5.74) is 13.2. The maximum Gasteiger partial charge on any atom is 0.0978 e. The minimum absolute atomic E-state index is 0.924. The molecule has 0 spiro atoms. The molecule has 0 amide bonds. The number of fused-ring (bicyclic) bond motifs is 4. The fourth-order valence-corrected chi connectivity index (χ4v) is 6.90. The number of hydrogen-bond donors (Lipinski definition) is 0. The van der Waals surface area contributed by atoms with Crippen LogP contribution in [0.5, 0.6) is 0 Å². The minimum Gasteiger partial charge on any atom is -0.311 e. The third-order valence-corrected chi connectivity index (χ3v) is 9.30. The second-order valence-electron chi connectivity index (χ2n) is 12.2. The van der Waals surface area contributed by atoms with Crippen LogP contribution in [0.2, 0.25) is 0 Å². The highest BCUT2D eigenvalue weighted by Gasteiger charge is 2.17. The zero-order valence-electron chi connectivity index (χ0n) is 26.7. The molecular weight excluding hydrogens is 595 g/mol. The van der Waals surface area contributed by atoms with E-state index in [-0.39, 0.29) is 0 Å². The van der Waals surface area contributed by atoms with Crippen LogP contribution in [0.1, 0.15) is 0 Å². The van der Waals surface area contributed by atoms with Crippen molar-refractivity contribution in [2.75, 3.05) is 4.90 Å². The van der Waals surface area contributed by atoms with Gasteiger partial charge in [0.1, 0.15) is 0 Å². The summed E-state index contributed by atoms with van der Waals surface area (Å²) < 4.78 is 0. The van der Waals surface area contributed by atoms with Crippen molar-refractivity contribution in [3.05, 3.63) is 188 Å². The molecule has 0 saturated heterocycles. The van der Waals surface area contributed by atoms with Crippen LogP contribution in [0.25, 0.3) is 66.1 Å². The van der Waals surface area contributed by atoms with Crippen molar-refractivity contribution in [2.45, 2.75) is 0 Å². The number of hydrogen-bond acceptors (Lipinski definition) is 3. The zero-order valence-corrected chi connectivity index (χ0v) is 26.7. The van der Waals surface area contributed by atoms with Gasteiger partial charge in [0.2, 0.25) is 0 Å². The summed E-state index contributed by atoms with van der Waals surface area (Å²) in [6.07, 6.45) is 1.85. The Balaban J connectivity index is 1.17. The van der Waals surface area contributed by atoms with Crippen LogP contribution in [0.15, 0.2) is 188 Å². The van der Waals surface area contributed by atoms with Crippen LogP contribution in [-0.2, 0) is 0 Å². The molecule has 0 atom stereocenters. The molecule has 9 aromatic rings. The highest BCUT2D eigenvalue weighted by molar-refractivity contribution is 6.16. The lowest BCUT2D eigenvalue weighted by atomic mass is 9.95. The normalized spacial score (nSPS) is 11.3. The Hall–Kier alpha value is -6.58. The molecule has 0 aliphatic carbocycles. The SMILES string of the molecule is c1ccc(-c2ccc(N(c3ccc(-c4ccccc4)cc3)c3ccc(-c4c5ccccc5nc5c4ccc4cccnc45)cc3)cc2)cc1. The number of para-hydroxylation sites is 1. The predicted molar refractivity (Wildman–Crippen MR) is 206 cm³/mol. The molecule has 0 aliphatic rings. The molecule has 0 bridgehead atoms. The van der Waals surface area contributed by atoms with Gasteiger partial charge in [0.15, 0.2) is 0 Å². The molecular formula is C46H31N3. The van der Waals surface area contributed by atoms with Gasteiger partial charge >= 0.3 is 0 Å². The maximum atomic E-state index is 5.10. The van der Waals surface area contributed by atoms with E-state index in [1.807, 2.05) is 12.3 Å². The fourth-order valence-electron chi connectivity index (χ4n) is 6.90. The van der Waals surface area contributed by atoms with Crippen molar-refractivity contribution < 1.29 is 0 Å². The summed E-state index contributed by atoms with van der Waals surface area (Å²) >= 11 is 0. The highest BCUT2D eigenvalue weighted by Crippen LogP contribution is 2.40. The fraction of sp³-hybridized carbons (Fsp3) is 0. The number of anilines is 3. The number of pyridine rings is 2. The van der Waals surface area contributed by atoms with E-state index in [0.717, 1.165) is 55.3 Å². The van der Waals surface area contributed by atoms with E-state index < -0.39 is 0 Å². The summed E-state index contributed by atoms with van der Waals surface area (Å²) in [6.45, 7) is 0. The lowest BCUT2D eigenvalue weighted by Crippen LogP contribution is -2.09. The van der Waals surface area contributed by atoms with E-state index in [0.29, 0.717) is 0 Å². The summed E-state index contributed by atoms with van der Waals surface area (Å²) in [7, 11) is 0. The number of aromatic nitrogens is 2. The molecule has 0 saturated carbocycles. The quantitative estimate of drug-likeness (QED) is 0.136. The number of rotatable bonds is 6. The van der Waals surface area contributed by atoms with Gasteiger partial charge in [-0.15, -0.1) is 0 Å². The van der Waals surface area contributed by atoms with Crippen LogP contribution in [-0.4, -0.2) is 9.97 Å². The van der Waals surface area contributed by atoms with Gasteiger partial charge in [-0.1, -0.05) is 133 Å². The standard InChI is InChI=1S/C46H31N3/c1-3-10-32(11-4-1)34-17-24-38(25-18-34)49(39-26-19-35(20-27-39)33-12-5-2-6-13-33)40-28-21-36(22-29-40)44-41-15-7-8-16-43(41)48-46-42(44)30-23-37-14-9-31-47-45(37)46/h1-31H.